The maximum Gasteiger partial charge on any atom is 0.246 e. The van der Waals surface area contributed by atoms with Gasteiger partial charge >= 0.3 is 0 Å². The number of hydrogen-bond acceptors (Lipinski definition) is 3. The fraction of sp³-hybridized carbons (Fsp3) is 0.412. The predicted molar refractivity (Wildman–Crippen MR) is 92.5 cm³/mol. The molecule has 4 rings (SSSR count). The van der Waals surface area contributed by atoms with Crippen LogP contribution in [0.15, 0.2) is 28.9 Å². The quantitative estimate of drug-likeness (QED) is 0.815. The van der Waals surface area contributed by atoms with Crippen molar-refractivity contribution in [3.63, 3.8) is 0 Å². The third-order valence-electron chi connectivity index (χ3n) is 4.72. The topological polar surface area (TPSA) is 74.4 Å². The lowest BCUT2D eigenvalue weighted by molar-refractivity contribution is -0.161. The van der Waals surface area contributed by atoms with Gasteiger partial charge in [-0.1, -0.05) is 15.9 Å². The average molecular weight is 392 g/mol. The molecule has 2 saturated heterocycles. The number of H-pyrrole nitrogens is 1. The van der Waals surface area contributed by atoms with Crippen molar-refractivity contribution >= 4 is 38.6 Å². The van der Waals surface area contributed by atoms with Crippen LogP contribution >= 0.6 is 15.9 Å². The monoisotopic (exact) mass is 391 g/mol. The Labute approximate surface area is 147 Å². The highest BCUT2D eigenvalue weighted by Gasteiger charge is 2.43. The van der Waals surface area contributed by atoms with Crippen LogP contribution in [0.1, 0.15) is 12.5 Å². The Kier molecular flexibility index (Phi) is 3.85. The summed E-state index contributed by atoms with van der Waals surface area (Å²) in [7, 11) is 0. The fourth-order valence-electron chi connectivity index (χ4n) is 3.47. The summed E-state index contributed by atoms with van der Waals surface area (Å²) in [5.41, 5.74) is 2.03. The van der Waals surface area contributed by atoms with Crippen molar-refractivity contribution in [3.8, 4) is 0 Å². The zero-order valence-electron chi connectivity index (χ0n) is 13.2. The molecule has 2 aliphatic rings. The summed E-state index contributed by atoms with van der Waals surface area (Å²) < 4.78 is 6.50. The number of amides is 2. The Morgan fingerprint density at radius 2 is 2.21 bits per heavy atom. The van der Waals surface area contributed by atoms with Crippen LogP contribution in [0.25, 0.3) is 10.9 Å². The van der Waals surface area contributed by atoms with Crippen molar-refractivity contribution in [2.75, 3.05) is 13.2 Å². The lowest BCUT2D eigenvalue weighted by Gasteiger charge is -2.43. The molecule has 0 saturated carbocycles. The number of rotatable bonds is 2. The average Bonchev–Trinajstić information content (AvgIpc) is 2.94. The Morgan fingerprint density at radius 3 is 3.04 bits per heavy atom. The van der Waals surface area contributed by atoms with Gasteiger partial charge in [0.15, 0.2) is 0 Å². The number of aromatic nitrogens is 1. The summed E-state index contributed by atoms with van der Waals surface area (Å²) in [4.78, 5) is 30.0. The molecule has 2 aliphatic heterocycles. The summed E-state index contributed by atoms with van der Waals surface area (Å²) in [5.74, 6) is -0.161. The number of halogens is 1. The highest BCUT2D eigenvalue weighted by Crippen LogP contribution is 2.25. The van der Waals surface area contributed by atoms with Crippen LogP contribution in [0.2, 0.25) is 0 Å². The van der Waals surface area contributed by atoms with E-state index in [1.807, 2.05) is 31.3 Å². The van der Waals surface area contributed by atoms with E-state index >= 15 is 0 Å². The predicted octanol–water partition coefficient (Wildman–Crippen LogP) is 1.59. The Balaban J connectivity index is 1.60. The van der Waals surface area contributed by atoms with Crippen LogP contribution in [0, 0.1) is 0 Å². The second-order valence-corrected chi connectivity index (χ2v) is 7.34. The van der Waals surface area contributed by atoms with Gasteiger partial charge in [-0.3, -0.25) is 9.59 Å². The third kappa shape index (κ3) is 2.61. The lowest BCUT2D eigenvalue weighted by Crippen LogP contribution is -2.68. The molecule has 0 radical (unpaired) electrons. The molecule has 126 valence electrons. The van der Waals surface area contributed by atoms with E-state index in [1.54, 1.807) is 4.90 Å². The molecule has 2 N–H and O–H groups in total. The molecule has 1 aromatic heterocycles. The number of nitrogens with one attached hydrogen (secondary N) is 2. The van der Waals surface area contributed by atoms with Crippen molar-refractivity contribution in [3.05, 3.63) is 34.4 Å². The maximum atomic E-state index is 12.8. The second kappa shape index (κ2) is 5.89. The van der Waals surface area contributed by atoms with E-state index in [1.165, 1.54) is 0 Å². The van der Waals surface area contributed by atoms with Crippen molar-refractivity contribution in [2.24, 2.45) is 0 Å². The van der Waals surface area contributed by atoms with E-state index in [4.69, 9.17) is 4.74 Å². The zero-order valence-corrected chi connectivity index (χ0v) is 14.8. The lowest BCUT2D eigenvalue weighted by atomic mass is 9.99. The first-order valence-corrected chi connectivity index (χ1v) is 8.80. The molecule has 1 aromatic carbocycles. The molecular formula is C17H18BrN3O3. The molecule has 24 heavy (non-hydrogen) atoms. The largest absolute Gasteiger partial charge is 0.374 e. The first-order valence-electron chi connectivity index (χ1n) is 8.01. The van der Waals surface area contributed by atoms with E-state index < -0.39 is 12.1 Å². The molecular weight excluding hydrogens is 374 g/mol. The van der Waals surface area contributed by atoms with Gasteiger partial charge in [0, 0.05) is 34.5 Å². The maximum absolute atomic E-state index is 12.8. The number of nitrogens with zero attached hydrogens (tertiary/aromatic N) is 1. The van der Waals surface area contributed by atoms with E-state index in [9.17, 15) is 9.59 Å². The fourth-order valence-corrected chi connectivity index (χ4v) is 3.83. The summed E-state index contributed by atoms with van der Waals surface area (Å²) >= 11 is 3.48. The molecule has 3 heterocycles. The summed E-state index contributed by atoms with van der Waals surface area (Å²) in [6, 6.07) is 4.95. The van der Waals surface area contributed by atoms with Crippen molar-refractivity contribution in [1.82, 2.24) is 15.2 Å². The van der Waals surface area contributed by atoms with Gasteiger partial charge in [0.2, 0.25) is 11.8 Å². The minimum absolute atomic E-state index is 0.0286. The molecule has 6 nitrogen and oxygen atoms in total. The number of hydrogen-bond donors (Lipinski definition) is 2. The van der Waals surface area contributed by atoms with E-state index in [0.717, 1.165) is 20.9 Å². The highest BCUT2D eigenvalue weighted by molar-refractivity contribution is 9.10. The normalized spacial score (nSPS) is 27.2. The van der Waals surface area contributed by atoms with Crippen molar-refractivity contribution in [1.29, 1.82) is 0 Å². The van der Waals surface area contributed by atoms with Crippen LogP contribution in [0.3, 0.4) is 0 Å². The molecule has 2 amide bonds. The molecule has 2 fully saturated rings. The molecule has 2 aromatic rings. The number of carbonyl (C=O) groups is 2. The van der Waals surface area contributed by atoms with Crippen LogP contribution in [-0.2, 0) is 20.7 Å². The zero-order chi connectivity index (χ0) is 16.8. The first-order chi connectivity index (χ1) is 11.5. The first kappa shape index (κ1) is 15.7. The van der Waals surface area contributed by atoms with Crippen LogP contribution < -0.4 is 5.32 Å². The number of morpholine rings is 1. The van der Waals surface area contributed by atoms with Crippen molar-refractivity contribution < 1.29 is 14.3 Å². The number of carbonyl (C=O) groups excluding carboxylic acids is 2. The number of aromatic amines is 1. The molecule has 1 unspecified atom stereocenters. The van der Waals surface area contributed by atoms with Crippen LogP contribution in [0.4, 0.5) is 0 Å². The smallest absolute Gasteiger partial charge is 0.246 e. The second-order valence-electron chi connectivity index (χ2n) is 6.42. The Bertz CT molecular complexity index is 819. The van der Waals surface area contributed by atoms with Crippen LogP contribution in [0.5, 0.6) is 0 Å². The molecule has 0 spiro atoms. The number of ether oxygens (including phenoxy) is 1. The van der Waals surface area contributed by atoms with Gasteiger partial charge in [0.1, 0.15) is 12.1 Å². The van der Waals surface area contributed by atoms with E-state index in [-0.39, 0.29) is 24.5 Å². The number of benzene rings is 1. The van der Waals surface area contributed by atoms with Gasteiger partial charge in [-0.15, -0.1) is 0 Å². The number of piperazine rings is 1. The molecule has 0 bridgehead atoms. The molecule has 3 atom stereocenters. The standard InChI is InChI=1S/C17H18BrN3O3/c1-9-7-21-15(8-24-9)16(22)20-14(17(21)23)4-10-6-19-13-3-2-11(18)5-12(10)13/h2-3,5-6,9,14-15,19H,4,7-8H2,1H3,(H,20,22)/t9-,14?,15-/m0/s1. The number of fused-ring (bicyclic) bond motifs is 2. The summed E-state index contributed by atoms with van der Waals surface area (Å²) in [6.45, 7) is 2.65. The van der Waals surface area contributed by atoms with E-state index in [0.29, 0.717) is 13.0 Å². The van der Waals surface area contributed by atoms with E-state index in [2.05, 4.69) is 26.2 Å². The van der Waals surface area contributed by atoms with Gasteiger partial charge < -0.3 is 19.9 Å². The SMILES string of the molecule is C[C@H]1CN2C(=O)C(Cc3c[nH]c4ccc(Br)cc34)NC(=O)[C@@H]2CO1. The van der Waals surface area contributed by atoms with Gasteiger partial charge in [0.05, 0.1) is 12.7 Å². The highest BCUT2D eigenvalue weighted by atomic mass is 79.9. The van der Waals surface area contributed by atoms with Gasteiger partial charge in [-0.05, 0) is 30.7 Å². The molecule has 0 aliphatic carbocycles. The summed E-state index contributed by atoms with van der Waals surface area (Å²) in [6.07, 6.45) is 2.34. The van der Waals surface area contributed by atoms with Crippen LogP contribution in [-0.4, -0.2) is 53.0 Å². The molecule has 7 heteroatoms. The Morgan fingerprint density at radius 1 is 1.38 bits per heavy atom. The summed E-state index contributed by atoms with van der Waals surface area (Å²) in [5, 5.41) is 3.92. The van der Waals surface area contributed by atoms with Gasteiger partial charge in [0.25, 0.3) is 0 Å². The van der Waals surface area contributed by atoms with Gasteiger partial charge in [-0.25, -0.2) is 0 Å². The Hall–Kier alpha value is -1.86. The third-order valence-corrected chi connectivity index (χ3v) is 5.22. The van der Waals surface area contributed by atoms with Gasteiger partial charge in [-0.2, -0.15) is 0 Å². The minimum Gasteiger partial charge on any atom is -0.374 e. The minimum atomic E-state index is -0.531. The van der Waals surface area contributed by atoms with Crippen molar-refractivity contribution in [2.45, 2.75) is 31.5 Å².